The van der Waals surface area contributed by atoms with E-state index < -0.39 is 0 Å². The fraction of sp³-hybridized carbons (Fsp3) is 0.391. The lowest BCUT2D eigenvalue weighted by Gasteiger charge is -2.27. The molecular weight excluding hydrogens is 368 g/mol. The van der Waals surface area contributed by atoms with Crippen LogP contribution in [-0.2, 0) is 16.0 Å². The summed E-state index contributed by atoms with van der Waals surface area (Å²) in [5, 5.41) is 3.19. The second-order valence-electron chi connectivity index (χ2n) is 7.60. The maximum Gasteiger partial charge on any atom is 0.227 e. The highest BCUT2D eigenvalue weighted by molar-refractivity contribution is 6.00. The summed E-state index contributed by atoms with van der Waals surface area (Å²) >= 11 is 0. The number of carbonyl (C=O) groups is 2. The molecule has 29 heavy (non-hydrogen) atoms. The van der Waals surface area contributed by atoms with Crippen molar-refractivity contribution in [3.8, 4) is 11.5 Å². The number of ether oxygens (including phenoxy) is 2. The Kier molecular flexibility index (Phi) is 5.43. The molecule has 6 heteroatoms. The molecule has 0 aromatic heterocycles. The van der Waals surface area contributed by atoms with Crippen molar-refractivity contribution >= 4 is 17.5 Å². The number of amides is 2. The van der Waals surface area contributed by atoms with Gasteiger partial charge < -0.3 is 19.7 Å². The van der Waals surface area contributed by atoms with Crippen molar-refractivity contribution in [3.63, 3.8) is 0 Å². The third kappa shape index (κ3) is 3.79. The summed E-state index contributed by atoms with van der Waals surface area (Å²) in [4.78, 5) is 27.2. The van der Waals surface area contributed by atoms with Crippen molar-refractivity contribution in [2.24, 2.45) is 5.92 Å². The molecule has 2 unspecified atom stereocenters. The molecule has 0 radical (unpaired) electrons. The quantitative estimate of drug-likeness (QED) is 0.845. The smallest absolute Gasteiger partial charge is 0.227 e. The average Bonchev–Trinajstić information content (AvgIpc) is 3.15. The number of benzene rings is 2. The normalized spacial score (nSPS) is 20.9. The Morgan fingerprint density at radius 3 is 2.69 bits per heavy atom. The van der Waals surface area contributed by atoms with Gasteiger partial charge in [0.05, 0.1) is 26.2 Å². The molecule has 152 valence electrons. The second-order valence-corrected chi connectivity index (χ2v) is 7.60. The Morgan fingerprint density at radius 2 is 1.90 bits per heavy atom. The van der Waals surface area contributed by atoms with Gasteiger partial charge in [0.1, 0.15) is 0 Å². The van der Waals surface area contributed by atoms with Gasteiger partial charge in [-0.05, 0) is 42.5 Å². The van der Waals surface area contributed by atoms with Gasteiger partial charge >= 0.3 is 0 Å². The number of fused-ring (bicyclic) bond motifs is 1. The first-order chi connectivity index (χ1) is 14.1. The fourth-order valence-electron chi connectivity index (χ4n) is 4.32. The van der Waals surface area contributed by atoms with Gasteiger partial charge in [-0.1, -0.05) is 24.3 Å². The lowest BCUT2D eigenvalue weighted by molar-refractivity contribution is -0.127. The Labute approximate surface area is 170 Å². The number of methoxy groups -OCH3 is 2. The molecule has 1 aliphatic heterocycles. The van der Waals surface area contributed by atoms with Crippen LogP contribution in [0.5, 0.6) is 11.5 Å². The zero-order valence-corrected chi connectivity index (χ0v) is 16.8. The van der Waals surface area contributed by atoms with Crippen LogP contribution in [0.1, 0.15) is 36.4 Å². The maximum atomic E-state index is 12.9. The maximum absolute atomic E-state index is 12.9. The molecule has 1 aliphatic carbocycles. The van der Waals surface area contributed by atoms with E-state index in [1.807, 2.05) is 18.2 Å². The van der Waals surface area contributed by atoms with Crippen molar-refractivity contribution in [1.29, 1.82) is 0 Å². The lowest BCUT2D eigenvalue weighted by atomic mass is 9.87. The van der Waals surface area contributed by atoms with Gasteiger partial charge in [0.15, 0.2) is 11.5 Å². The minimum atomic E-state index is -0.357. The second kappa shape index (κ2) is 8.15. The summed E-state index contributed by atoms with van der Waals surface area (Å²) in [6.45, 7) is 0.370. The van der Waals surface area contributed by atoms with E-state index in [2.05, 4.69) is 17.4 Å². The van der Waals surface area contributed by atoms with E-state index >= 15 is 0 Å². The van der Waals surface area contributed by atoms with Gasteiger partial charge in [-0.2, -0.15) is 0 Å². The first-order valence-corrected chi connectivity index (χ1v) is 10.0. The molecule has 2 aliphatic rings. The van der Waals surface area contributed by atoms with Crippen molar-refractivity contribution < 1.29 is 19.1 Å². The van der Waals surface area contributed by atoms with E-state index in [1.54, 1.807) is 31.3 Å². The van der Waals surface area contributed by atoms with Crippen LogP contribution in [-0.4, -0.2) is 32.6 Å². The van der Waals surface area contributed by atoms with E-state index in [1.165, 1.54) is 11.1 Å². The van der Waals surface area contributed by atoms with E-state index in [9.17, 15) is 9.59 Å². The molecule has 1 N–H and O–H groups in total. The highest BCUT2D eigenvalue weighted by atomic mass is 16.5. The molecule has 0 spiro atoms. The number of rotatable bonds is 5. The van der Waals surface area contributed by atoms with Gasteiger partial charge in [0.25, 0.3) is 0 Å². The average molecular weight is 394 g/mol. The van der Waals surface area contributed by atoms with Crippen molar-refractivity contribution in [1.82, 2.24) is 5.32 Å². The van der Waals surface area contributed by atoms with Crippen LogP contribution in [0.15, 0.2) is 42.5 Å². The minimum absolute atomic E-state index is 0.0256. The van der Waals surface area contributed by atoms with E-state index in [-0.39, 0.29) is 30.2 Å². The molecule has 2 aromatic rings. The number of hydrogen-bond acceptors (Lipinski definition) is 4. The highest BCUT2D eigenvalue weighted by Gasteiger charge is 2.36. The van der Waals surface area contributed by atoms with Gasteiger partial charge in [0.2, 0.25) is 11.8 Å². The van der Waals surface area contributed by atoms with E-state index in [0.717, 1.165) is 19.3 Å². The molecular formula is C23H26N2O4. The monoisotopic (exact) mass is 394 g/mol. The van der Waals surface area contributed by atoms with Gasteiger partial charge in [-0.15, -0.1) is 0 Å². The summed E-state index contributed by atoms with van der Waals surface area (Å²) < 4.78 is 10.6. The summed E-state index contributed by atoms with van der Waals surface area (Å²) in [7, 11) is 3.13. The Morgan fingerprint density at radius 1 is 1.10 bits per heavy atom. The van der Waals surface area contributed by atoms with Crippen LogP contribution in [0.4, 0.5) is 5.69 Å². The fourth-order valence-corrected chi connectivity index (χ4v) is 4.32. The molecule has 1 fully saturated rings. The minimum Gasteiger partial charge on any atom is -0.493 e. The first kappa shape index (κ1) is 19.3. The first-order valence-electron chi connectivity index (χ1n) is 10.0. The summed E-state index contributed by atoms with van der Waals surface area (Å²) in [5.41, 5.74) is 3.22. The third-order valence-corrected chi connectivity index (χ3v) is 5.86. The number of aryl methyl sites for hydroxylation is 1. The molecule has 2 atom stereocenters. The standard InChI is InChI=1S/C23H26N2O4/c1-28-20-11-10-17(13-21(20)29-2)25-14-16(12-22(25)26)23(27)24-19-9-5-7-15-6-3-4-8-18(15)19/h3-4,6,8,10-11,13,16,19H,5,7,9,12,14H2,1-2H3,(H,24,27). The molecule has 0 saturated carbocycles. The molecule has 1 heterocycles. The Balaban J connectivity index is 1.46. The van der Waals surface area contributed by atoms with Crippen LogP contribution in [0.2, 0.25) is 0 Å². The largest absolute Gasteiger partial charge is 0.493 e. The molecule has 1 saturated heterocycles. The third-order valence-electron chi connectivity index (χ3n) is 5.86. The SMILES string of the molecule is COc1ccc(N2CC(C(=O)NC3CCCc4ccccc43)CC2=O)cc1OC. The Hall–Kier alpha value is -3.02. The number of nitrogens with zero attached hydrogens (tertiary/aromatic N) is 1. The highest BCUT2D eigenvalue weighted by Crippen LogP contribution is 2.35. The van der Waals surface area contributed by atoms with Crippen LogP contribution in [0.3, 0.4) is 0 Å². The predicted octanol–water partition coefficient (Wildman–Crippen LogP) is 3.25. The van der Waals surface area contributed by atoms with Crippen LogP contribution < -0.4 is 19.7 Å². The van der Waals surface area contributed by atoms with Crippen LogP contribution in [0, 0.1) is 5.92 Å². The molecule has 0 bridgehead atoms. The van der Waals surface area contributed by atoms with Crippen molar-refractivity contribution in [2.45, 2.75) is 31.7 Å². The van der Waals surface area contributed by atoms with Gasteiger partial charge in [-0.3, -0.25) is 9.59 Å². The molecule has 2 aromatic carbocycles. The molecule has 4 rings (SSSR count). The van der Waals surface area contributed by atoms with Gasteiger partial charge in [0, 0.05) is 24.7 Å². The summed E-state index contributed by atoms with van der Waals surface area (Å²) in [5.74, 6) is 0.701. The van der Waals surface area contributed by atoms with E-state index in [0.29, 0.717) is 23.7 Å². The molecule has 2 amide bonds. The zero-order valence-electron chi connectivity index (χ0n) is 16.8. The predicted molar refractivity (Wildman–Crippen MR) is 110 cm³/mol. The number of hydrogen-bond donors (Lipinski definition) is 1. The molecule has 6 nitrogen and oxygen atoms in total. The van der Waals surface area contributed by atoms with Gasteiger partial charge in [-0.25, -0.2) is 0 Å². The van der Waals surface area contributed by atoms with Crippen molar-refractivity contribution in [3.05, 3.63) is 53.6 Å². The zero-order chi connectivity index (χ0) is 20.4. The van der Waals surface area contributed by atoms with Crippen molar-refractivity contribution in [2.75, 3.05) is 25.7 Å². The van der Waals surface area contributed by atoms with E-state index in [4.69, 9.17) is 9.47 Å². The Bertz CT molecular complexity index is 927. The summed E-state index contributed by atoms with van der Waals surface area (Å²) in [6.07, 6.45) is 3.26. The lowest BCUT2D eigenvalue weighted by Crippen LogP contribution is -2.36. The number of carbonyl (C=O) groups excluding carboxylic acids is 2. The number of anilines is 1. The van der Waals surface area contributed by atoms with Crippen LogP contribution in [0.25, 0.3) is 0 Å². The summed E-state index contributed by atoms with van der Waals surface area (Å²) in [6, 6.07) is 13.7. The topological polar surface area (TPSA) is 67.9 Å². The van der Waals surface area contributed by atoms with Crippen LogP contribution >= 0.6 is 0 Å². The number of nitrogens with one attached hydrogen (secondary N) is 1.